The highest BCUT2D eigenvalue weighted by Crippen LogP contribution is 2.19. The Morgan fingerprint density at radius 3 is 2.95 bits per heavy atom. The van der Waals surface area contributed by atoms with Gasteiger partial charge in [0.25, 0.3) is 0 Å². The fourth-order valence-corrected chi connectivity index (χ4v) is 3.42. The molecule has 0 unspecified atom stereocenters. The molecule has 1 N–H and O–H groups in total. The predicted octanol–water partition coefficient (Wildman–Crippen LogP) is 0.633. The molecule has 3 rings (SSSR count). The van der Waals surface area contributed by atoms with Crippen molar-refractivity contribution < 1.29 is 9.59 Å². The second-order valence-corrected chi connectivity index (χ2v) is 6.07. The Labute approximate surface area is 124 Å². The summed E-state index contributed by atoms with van der Waals surface area (Å²) in [7, 11) is 0. The van der Waals surface area contributed by atoms with E-state index < -0.39 is 0 Å². The summed E-state index contributed by atoms with van der Waals surface area (Å²) in [5.41, 5.74) is 1.02. The average Bonchev–Trinajstić information content (AvgIpc) is 3.03. The van der Waals surface area contributed by atoms with Crippen LogP contribution >= 0.6 is 0 Å². The van der Waals surface area contributed by atoms with Gasteiger partial charge in [-0.3, -0.25) is 9.59 Å². The summed E-state index contributed by atoms with van der Waals surface area (Å²) in [6.45, 7) is 4.99. The fourth-order valence-electron chi connectivity index (χ4n) is 3.42. The Bertz CT molecular complexity index is 566. The predicted molar refractivity (Wildman–Crippen MR) is 77.6 cm³/mol. The first-order chi connectivity index (χ1) is 10.0. The van der Waals surface area contributed by atoms with Crippen LogP contribution in [0.1, 0.15) is 37.7 Å². The lowest BCUT2D eigenvalue weighted by molar-refractivity contribution is -0.137. The third-order valence-electron chi connectivity index (χ3n) is 4.42. The van der Waals surface area contributed by atoms with Crippen LogP contribution in [0.3, 0.4) is 0 Å². The molecule has 6 nitrogen and oxygen atoms in total. The number of amides is 2. The molecule has 0 aromatic carbocycles. The van der Waals surface area contributed by atoms with Crippen molar-refractivity contribution in [2.75, 3.05) is 6.54 Å². The number of hydrogen-bond acceptors (Lipinski definition) is 3. The van der Waals surface area contributed by atoms with Crippen molar-refractivity contribution in [3.05, 3.63) is 17.7 Å². The van der Waals surface area contributed by atoms with Gasteiger partial charge in [-0.25, -0.2) is 4.98 Å². The maximum atomic E-state index is 12.4. The van der Waals surface area contributed by atoms with E-state index in [-0.39, 0.29) is 23.9 Å². The molecule has 3 heterocycles. The monoisotopic (exact) mass is 290 g/mol. The summed E-state index contributed by atoms with van der Waals surface area (Å²) in [6.07, 6.45) is 5.51. The van der Waals surface area contributed by atoms with Crippen molar-refractivity contribution in [3.63, 3.8) is 0 Å². The van der Waals surface area contributed by atoms with Crippen molar-refractivity contribution in [1.82, 2.24) is 19.8 Å². The molecule has 1 fully saturated rings. The minimum atomic E-state index is -0.284. The zero-order valence-corrected chi connectivity index (χ0v) is 12.6. The highest BCUT2D eigenvalue weighted by atomic mass is 16.2. The van der Waals surface area contributed by atoms with E-state index in [0.717, 1.165) is 43.7 Å². The third-order valence-corrected chi connectivity index (χ3v) is 4.42. The maximum absolute atomic E-state index is 12.4. The minimum Gasteiger partial charge on any atom is -0.350 e. The second-order valence-electron chi connectivity index (χ2n) is 6.07. The van der Waals surface area contributed by atoms with Gasteiger partial charge in [-0.2, -0.15) is 0 Å². The molecule has 2 aliphatic rings. The second kappa shape index (κ2) is 5.50. The van der Waals surface area contributed by atoms with Gasteiger partial charge < -0.3 is 14.8 Å². The number of aryl methyl sites for hydroxylation is 2. The number of nitrogens with one attached hydrogen (secondary N) is 1. The largest absolute Gasteiger partial charge is 0.350 e. The molecule has 1 aromatic rings. The van der Waals surface area contributed by atoms with Crippen molar-refractivity contribution >= 4 is 11.8 Å². The molecular formula is C15H22N4O2. The smallest absolute Gasteiger partial charge is 0.243 e. The number of carbonyl (C=O) groups excluding carboxylic acids is 2. The van der Waals surface area contributed by atoms with Gasteiger partial charge in [-0.15, -0.1) is 0 Å². The Hall–Kier alpha value is -1.85. The van der Waals surface area contributed by atoms with Crippen LogP contribution in [0.15, 0.2) is 6.20 Å². The van der Waals surface area contributed by atoms with Crippen LogP contribution < -0.4 is 5.32 Å². The zero-order valence-electron chi connectivity index (χ0n) is 12.6. The highest BCUT2D eigenvalue weighted by molar-refractivity contribution is 5.87. The van der Waals surface area contributed by atoms with E-state index in [2.05, 4.69) is 14.9 Å². The van der Waals surface area contributed by atoms with Crippen LogP contribution in [0.5, 0.6) is 0 Å². The summed E-state index contributed by atoms with van der Waals surface area (Å²) >= 11 is 0. The molecule has 21 heavy (non-hydrogen) atoms. The lowest BCUT2D eigenvalue weighted by Gasteiger charge is -2.28. The lowest BCUT2D eigenvalue weighted by Crippen LogP contribution is -2.50. The molecule has 6 heteroatoms. The SMILES string of the molecule is CC(=O)N1CCC[C@H]1C(=O)N[C@H]1CCc2nc(C)cn2C1. The quantitative estimate of drug-likeness (QED) is 0.869. The normalized spacial score (nSPS) is 24.8. The molecule has 1 aromatic heterocycles. The van der Waals surface area contributed by atoms with E-state index in [1.807, 2.05) is 13.1 Å². The number of rotatable bonds is 2. The number of aromatic nitrogens is 2. The van der Waals surface area contributed by atoms with Crippen LogP contribution in [-0.2, 0) is 22.6 Å². The Balaban J connectivity index is 1.62. The Kier molecular flexibility index (Phi) is 3.69. The molecule has 2 amide bonds. The van der Waals surface area contributed by atoms with Crippen LogP contribution in [-0.4, -0.2) is 44.9 Å². The Morgan fingerprint density at radius 2 is 2.19 bits per heavy atom. The molecule has 0 spiro atoms. The number of hydrogen-bond donors (Lipinski definition) is 1. The third kappa shape index (κ3) is 2.80. The van der Waals surface area contributed by atoms with E-state index >= 15 is 0 Å². The van der Waals surface area contributed by atoms with Gasteiger partial charge in [0.05, 0.1) is 5.69 Å². The average molecular weight is 290 g/mol. The molecule has 0 aliphatic carbocycles. The van der Waals surface area contributed by atoms with E-state index in [0.29, 0.717) is 6.54 Å². The van der Waals surface area contributed by atoms with Gasteiger partial charge in [0, 0.05) is 38.7 Å². The topological polar surface area (TPSA) is 67.2 Å². The van der Waals surface area contributed by atoms with E-state index in [9.17, 15) is 9.59 Å². The highest BCUT2D eigenvalue weighted by Gasteiger charge is 2.33. The van der Waals surface area contributed by atoms with Crippen molar-refractivity contribution in [3.8, 4) is 0 Å². The molecule has 0 bridgehead atoms. The molecule has 0 saturated carbocycles. The van der Waals surface area contributed by atoms with E-state index in [1.54, 1.807) is 4.90 Å². The minimum absolute atomic E-state index is 0.00649. The first kappa shape index (κ1) is 14.1. The van der Waals surface area contributed by atoms with E-state index in [4.69, 9.17) is 0 Å². The zero-order chi connectivity index (χ0) is 15.0. The molecule has 2 atom stereocenters. The first-order valence-corrected chi connectivity index (χ1v) is 7.65. The number of carbonyl (C=O) groups is 2. The fraction of sp³-hybridized carbons (Fsp3) is 0.667. The molecule has 1 saturated heterocycles. The van der Waals surface area contributed by atoms with Gasteiger partial charge in [-0.05, 0) is 26.2 Å². The van der Waals surface area contributed by atoms with Crippen molar-refractivity contribution in [1.29, 1.82) is 0 Å². The molecule has 114 valence electrons. The number of imidazole rings is 1. The van der Waals surface area contributed by atoms with Gasteiger partial charge in [0.1, 0.15) is 11.9 Å². The Morgan fingerprint density at radius 1 is 1.38 bits per heavy atom. The van der Waals surface area contributed by atoms with Gasteiger partial charge in [-0.1, -0.05) is 0 Å². The summed E-state index contributed by atoms with van der Waals surface area (Å²) in [6, 6.07) is -0.151. The van der Waals surface area contributed by atoms with Gasteiger partial charge >= 0.3 is 0 Å². The van der Waals surface area contributed by atoms with Crippen LogP contribution in [0.25, 0.3) is 0 Å². The lowest BCUT2D eigenvalue weighted by atomic mass is 10.1. The van der Waals surface area contributed by atoms with Gasteiger partial charge in [0.15, 0.2) is 0 Å². The summed E-state index contributed by atoms with van der Waals surface area (Å²) < 4.78 is 2.13. The van der Waals surface area contributed by atoms with Crippen LogP contribution in [0.4, 0.5) is 0 Å². The summed E-state index contributed by atoms with van der Waals surface area (Å²) in [4.78, 5) is 30.1. The molecule has 2 aliphatic heterocycles. The van der Waals surface area contributed by atoms with Crippen molar-refractivity contribution in [2.45, 2.75) is 58.2 Å². The summed E-state index contributed by atoms with van der Waals surface area (Å²) in [5, 5.41) is 3.11. The van der Waals surface area contributed by atoms with E-state index in [1.165, 1.54) is 6.92 Å². The molecular weight excluding hydrogens is 268 g/mol. The molecule has 0 radical (unpaired) electrons. The van der Waals surface area contributed by atoms with Crippen LogP contribution in [0.2, 0.25) is 0 Å². The number of fused-ring (bicyclic) bond motifs is 1. The maximum Gasteiger partial charge on any atom is 0.243 e. The standard InChI is InChI=1S/C15H22N4O2/c1-10-8-18-9-12(5-6-14(18)16-10)17-15(21)13-4-3-7-19(13)11(2)20/h8,12-13H,3-7,9H2,1-2H3,(H,17,21)/t12-,13-/m0/s1. The number of likely N-dealkylation sites (tertiary alicyclic amines) is 1. The van der Waals surface area contributed by atoms with Crippen LogP contribution in [0, 0.1) is 6.92 Å². The first-order valence-electron chi connectivity index (χ1n) is 7.65. The number of nitrogens with zero attached hydrogens (tertiary/aromatic N) is 3. The van der Waals surface area contributed by atoms with Gasteiger partial charge in [0.2, 0.25) is 11.8 Å². The summed E-state index contributed by atoms with van der Waals surface area (Å²) in [5.74, 6) is 1.08. The van der Waals surface area contributed by atoms with Crippen molar-refractivity contribution in [2.24, 2.45) is 0 Å².